The van der Waals surface area contributed by atoms with Crippen LogP contribution in [0.1, 0.15) is 37.7 Å². The van der Waals surface area contributed by atoms with Crippen LogP contribution in [0.5, 0.6) is 0 Å². The number of nitrogens with one attached hydrogen (secondary N) is 1. The normalized spacial score (nSPS) is 12.4. The molecule has 2 aromatic rings. The van der Waals surface area contributed by atoms with Crippen LogP contribution < -0.4 is 0 Å². The fourth-order valence-corrected chi connectivity index (χ4v) is 2.01. The molecule has 16 heavy (non-hydrogen) atoms. The van der Waals surface area contributed by atoms with Crippen LogP contribution in [0.4, 0.5) is 4.39 Å². The second-order valence-electron chi connectivity index (χ2n) is 5.17. The number of pyridine rings is 1. The highest BCUT2D eigenvalue weighted by Gasteiger charge is 2.25. The molecule has 86 valence electrons. The van der Waals surface area contributed by atoms with Crippen molar-refractivity contribution in [3.05, 3.63) is 22.8 Å². The van der Waals surface area contributed by atoms with Crippen LogP contribution >= 0.6 is 0 Å². The minimum atomic E-state index is -0.259. The summed E-state index contributed by atoms with van der Waals surface area (Å²) < 4.78 is 14.2. The molecule has 0 aliphatic heterocycles. The smallest absolute Gasteiger partial charge is 0.156 e. The van der Waals surface area contributed by atoms with E-state index in [4.69, 9.17) is 0 Å². The Morgan fingerprint density at radius 3 is 2.31 bits per heavy atom. The minimum absolute atomic E-state index is 0.218. The summed E-state index contributed by atoms with van der Waals surface area (Å²) in [5.74, 6) is -0.218. The van der Waals surface area contributed by atoms with Crippen molar-refractivity contribution in [2.75, 3.05) is 0 Å². The highest BCUT2D eigenvalue weighted by atomic mass is 19.1. The Bertz CT molecular complexity index is 549. The maximum absolute atomic E-state index is 14.2. The van der Waals surface area contributed by atoms with Gasteiger partial charge in [-0.15, -0.1) is 0 Å². The Hall–Kier alpha value is -1.45. The Kier molecular flexibility index (Phi) is 2.26. The molecule has 0 saturated carbocycles. The van der Waals surface area contributed by atoms with Gasteiger partial charge in [-0.05, 0) is 19.3 Å². The second-order valence-corrected chi connectivity index (χ2v) is 5.17. The maximum atomic E-state index is 14.2. The first-order chi connectivity index (χ1) is 7.32. The van der Waals surface area contributed by atoms with Gasteiger partial charge >= 0.3 is 0 Å². The van der Waals surface area contributed by atoms with Gasteiger partial charge < -0.3 is 0 Å². The van der Waals surface area contributed by atoms with Gasteiger partial charge in [0.1, 0.15) is 5.82 Å². The first kappa shape index (κ1) is 11.0. The molecule has 0 saturated heterocycles. The van der Waals surface area contributed by atoms with Crippen molar-refractivity contribution in [3.8, 4) is 0 Å². The molecule has 0 amide bonds. The van der Waals surface area contributed by atoms with E-state index in [9.17, 15) is 4.39 Å². The Balaban J connectivity index is 2.97. The highest BCUT2D eigenvalue weighted by Crippen LogP contribution is 2.33. The van der Waals surface area contributed by atoms with Gasteiger partial charge in [0.25, 0.3) is 0 Å². The molecule has 0 aromatic carbocycles. The fraction of sp³-hybridized carbons (Fsp3) is 0.500. The second kappa shape index (κ2) is 3.27. The third kappa shape index (κ3) is 1.49. The van der Waals surface area contributed by atoms with E-state index >= 15 is 0 Å². The van der Waals surface area contributed by atoms with Gasteiger partial charge in [-0.2, -0.15) is 5.10 Å². The number of hydrogen-bond acceptors (Lipinski definition) is 2. The molecule has 0 fully saturated rings. The molecule has 4 heteroatoms. The summed E-state index contributed by atoms with van der Waals surface area (Å²) in [6.07, 6.45) is 0. The molecule has 1 N–H and O–H groups in total. The minimum Gasteiger partial charge on any atom is -0.261 e. The van der Waals surface area contributed by atoms with Crippen molar-refractivity contribution in [3.63, 3.8) is 0 Å². The van der Waals surface area contributed by atoms with Gasteiger partial charge in [0.2, 0.25) is 0 Å². The van der Waals surface area contributed by atoms with E-state index in [1.165, 1.54) is 0 Å². The van der Waals surface area contributed by atoms with E-state index in [-0.39, 0.29) is 11.2 Å². The first-order valence-electron chi connectivity index (χ1n) is 5.33. The summed E-state index contributed by atoms with van der Waals surface area (Å²) >= 11 is 0. The number of H-pyrrole nitrogens is 1. The lowest BCUT2D eigenvalue weighted by molar-refractivity contribution is 0.520. The molecule has 2 rings (SSSR count). The van der Waals surface area contributed by atoms with Crippen LogP contribution in [-0.2, 0) is 5.41 Å². The Morgan fingerprint density at radius 2 is 1.75 bits per heavy atom. The van der Waals surface area contributed by atoms with E-state index < -0.39 is 0 Å². The molecule has 2 heterocycles. The van der Waals surface area contributed by atoms with Gasteiger partial charge in [-0.25, -0.2) is 9.37 Å². The summed E-state index contributed by atoms with van der Waals surface area (Å²) in [7, 11) is 0. The number of aromatic nitrogens is 3. The molecule has 0 aliphatic rings. The monoisotopic (exact) mass is 221 g/mol. The highest BCUT2D eigenvalue weighted by molar-refractivity contribution is 5.83. The predicted molar refractivity (Wildman–Crippen MR) is 62.0 cm³/mol. The molecular weight excluding hydrogens is 205 g/mol. The van der Waals surface area contributed by atoms with Crippen LogP contribution in [-0.4, -0.2) is 15.2 Å². The molecule has 0 radical (unpaired) electrons. The number of nitrogens with zero attached hydrogens (tertiary/aromatic N) is 2. The van der Waals surface area contributed by atoms with Crippen LogP contribution in [0.2, 0.25) is 0 Å². The number of halogens is 1. The lowest BCUT2D eigenvalue weighted by Gasteiger charge is -2.21. The SMILES string of the molecule is Cc1nc2[nH]nc(C)c2c(C(C)(C)C)c1F. The van der Waals surface area contributed by atoms with Crippen molar-refractivity contribution >= 4 is 11.0 Å². The molecule has 0 bridgehead atoms. The quantitative estimate of drug-likeness (QED) is 0.743. The van der Waals surface area contributed by atoms with E-state index in [0.29, 0.717) is 16.9 Å². The van der Waals surface area contributed by atoms with Gasteiger partial charge in [-0.3, -0.25) is 5.10 Å². The van der Waals surface area contributed by atoms with Gasteiger partial charge in [0, 0.05) is 10.9 Å². The average Bonchev–Trinajstić information content (AvgIpc) is 2.47. The first-order valence-corrected chi connectivity index (χ1v) is 5.33. The topological polar surface area (TPSA) is 41.6 Å². The standard InChI is InChI=1S/C12H16FN3/c1-6-8-9(12(3,4)5)10(13)7(2)14-11(8)16-15-6/h1-5H3,(H,14,15,16). The van der Waals surface area contributed by atoms with Gasteiger partial charge in [-0.1, -0.05) is 20.8 Å². The zero-order valence-corrected chi connectivity index (χ0v) is 10.3. The summed E-state index contributed by atoms with van der Waals surface area (Å²) in [6.45, 7) is 9.54. The maximum Gasteiger partial charge on any atom is 0.156 e. The van der Waals surface area contributed by atoms with E-state index in [0.717, 1.165) is 11.1 Å². The summed E-state index contributed by atoms with van der Waals surface area (Å²) in [6, 6.07) is 0. The molecule has 0 spiro atoms. The molecule has 2 aromatic heterocycles. The Morgan fingerprint density at radius 1 is 1.12 bits per heavy atom. The third-order valence-corrected chi connectivity index (χ3v) is 2.74. The lowest BCUT2D eigenvalue weighted by atomic mass is 9.84. The van der Waals surface area contributed by atoms with Crippen molar-refractivity contribution in [1.82, 2.24) is 15.2 Å². The number of aromatic amines is 1. The molecule has 0 atom stereocenters. The predicted octanol–water partition coefficient (Wildman–Crippen LogP) is 3.01. The van der Waals surface area contributed by atoms with Gasteiger partial charge in [0.15, 0.2) is 5.65 Å². The van der Waals surface area contributed by atoms with Crippen molar-refractivity contribution in [2.24, 2.45) is 0 Å². The zero-order valence-electron chi connectivity index (χ0n) is 10.3. The van der Waals surface area contributed by atoms with Crippen LogP contribution in [0.15, 0.2) is 0 Å². The van der Waals surface area contributed by atoms with Crippen molar-refractivity contribution in [1.29, 1.82) is 0 Å². The van der Waals surface area contributed by atoms with Gasteiger partial charge in [0.05, 0.1) is 11.4 Å². The summed E-state index contributed by atoms with van der Waals surface area (Å²) in [4.78, 5) is 4.18. The molecule has 0 unspecified atom stereocenters. The molecular formula is C12H16FN3. The van der Waals surface area contributed by atoms with E-state index in [1.807, 2.05) is 27.7 Å². The lowest BCUT2D eigenvalue weighted by Crippen LogP contribution is -2.16. The third-order valence-electron chi connectivity index (χ3n) is 2.74. The summed E-state index contributed by atoms with van der Waals surface area (Å²) in [5, 5.41) is 7.75. The number of hydrogen-bond donors (Lipinski definition) is 1. The fourth-order valence-electron chi connectivity index (χ4n) is 2.01. The molecule has 3 nitrogen and oxygen atoms in total. The van der Waals surface area contributed by atoms with Crippen molar-refractivity contribution in [2.45, 2.75) is 40.0 Å². The molecule has 0 aliphatic carbocycles. The average molecular weight is 221 g/mol. The largest absolute Gasteiger partial charge is 0.261 e. The number of fused-ring (bicyclic) bond motifs is 1. The number of aryl methyl sites for hydroxylation is 2. The van der Waals surface area contributed by atoms with Crippen LogP contribution in [0, 0.1) is 19.7 Å². The number of rotatable bonds is 0. The van der Waals surface area contributed by atoms with Crippen molar-refractivity contribution < 1.29 is 4.39 Å². The zero-order chi connectivity index (χ0) is 12.1. The van der Waals surface area contributed by atoms with Crippen LogP contribution in [0.3, 0.4) is 0 Å². The van der Waals surface area contributed by atoms with E-state index in [1.54, 1.807) is 6.92 Å². The van der Waals surface area contributed by atoms with E-state index in [2.05, 4.69) is 15.2 Å². The Labute approximate surface area is 94.1 Å². The van der Waals surface area contributed by atoms with Crippen LogP contribution in [0.25, 0.3) is 11.0 Å². The summed E-state index contributed by atoms with van der Waals surface area (Å²) in [5.41, 5.74) is 2.32.